The van der Waals surface area contributed by atoms with E-state index in [1.165, 1.54) is 25.6 Å². The van der Waals surface area contributed by atoms with Crippen LogP contribution in [0.4, 0.5) is 5.69 Å². The van der Waals surface area contributed by atoms with Crippen molar-refractivity contribution in [2.24, 2.45) is 0 Å². The second kappa shape index (κ2) is 6.64. The number of anilines is 1. The molecule has 1 aromatic heterocycles. The zero-order chi connectivity index (χ0) is 14.7. The van der Waals surface area contributed by atoms with Crippen LogP contribution in [0.25, 0.3) is 0 Å². The van der Waals surface area contributed by atoms with E-state index < -0.39 is 0 Å². The van der Waals surface area contributed by atoms with Gasteiger partial charge in [-0.3, -0.25) is 4.79 Å². The predicted molar refractivity (Wildman–Crippen MR) is 89.5 cm³/mol. The van der Waals surface area contributed by atoms with Gasteiger partial charge in [0.25, 0.3) is 5.91 Å². The fourth-order valence-electron chi connectivity index (χ4n) is 1.58. The van der Waals surface area contributed by atoms with Crippen LogP contribution in [0, 0.1) is 2.88 Å². The molecule has 2 aromatic rings. The third-order valence-corrected chi connectivity index (χ3v) is 4.64. The van der Waals surface area contributed by atoms with Crippen LogP contribution in [0.2, 0.25) is 5.02 Å². The minimum absolute atomic E-state index is 0.202. The number of benzene rings is 1. The van der Waals surface area contributed by atoms with E-state index in [-0.39, 0.29) is 5.91 Å². The second-order valence-electron chi connectivity index (χ2n) is 3.78. The van der Waals surface area contributed by atoms with E-state index in [1.54, 1.807) is 17.5 Å². The largest absolute Gasteiger partial charge is 0.495 e. The molecule has 0 aliphatic heterocycles. The summed E-state index contributed by atoms with van der Waals surface area (Å²) in [6.07, 6.45) is 0. The van der Waals surface area contributed by atoms with Gasteiger partial charge in [-0.25, -0.2) is 0 Å². The number of hydrogen-bond donors (Lipinski definition) is 1. The summed E-state index contributed by atoms with van der Waals surface area (Å²) in [5.74, 6) is 0.753. The number of ether oxygens (including phenoxy) is 2. The van der Waals surface area contributed by atoms with Crippen LogP contribution in [0.1, 0.15) is 10.4 Å². The van der Waals surface area contributed by atoms with Gasteiger partial charge in [0.1, 0.15) is 11.5 Å². The number of carbonyl (C=O) groups excluding carboxylic acids is 1. The lowest BCUT2D eigenvalue weighted by Gasteiger charge is -2.12. The molecule has 0 aliphatic rings. The van der Waals surface area contributed by atoms with Crippen molar-refractivity contribution >= 4 is 57.1 Å². The van der Waals surface area contributed by atoms with E-state index in [0.29, 0.717) is 27.8 Å². The highest BCUT2D eigenvalue weighted by Gasteiger charge is 2.14. The van der Waals surface area contributed by atoms with Gasteiger partial charge in [0, 0.05) is 17.5 Å². The summed E-state index contributed by atoms with van der Waals surface area (Å²) in [4.78, 5) is 12.1. The summed E-state index contributed by atoms with van der Waals surface area (Å²) in [7, 11) is 3.03. The summed E-state index contributed by atoms with van der Waals surface area (Å²) in [5.41, 5.74) is 1.12. The first kappa shape index (κ1) is 15.4. The van der Waals surface area contributed by atoms with Gasteiger partial charge in [0.2, 0.25) is 0 Å². The molecule has 1 amide bonds. The van der Waals surface area contributed by atoms with Crippen molar-refractivity contribution in [2.45, 2.75) is 0 Å². The second-order valence-corrected chi connectivity index (χ2v) is 6.99. The Hall–Kier alpha value is -0.990. The van der Waals surface area contributed by atoms with Gasteiger partial charge >= 0.3 is 0 Å². The van der Waals surface area contributed by atoms with Gasteiger partial charge < -0.3 is 14.8 Å². The summed E-state index contributed by atoms with van der Waals surface area (Å²) >= 11 is 9.70. The summed E-state index contributed by atoms with van der Waals surface area (Å²) in [5, 5.41) is 5.02. The van der Waals surface area contributed by atoms with Crippen LogP contribution in [0.5, 0.6) is 11.5 Å². The molecule has 2 rings (SSSR count). The lowest BCUT2D eigenvalue weighted by Crippen LogP contribution is -2.12. The first-order valence-electron chi connectivity index (χ1n) is 5.52. The van der Waals surface area contributed by atoms with Crippen LogP contribution in [-0.2, 0) is 0 Å². The van der Waals surface area contributed by atoms with Crippen LogP contribution in [0.15, 0.2) is 23.6 Å². The molecule has 0 bridgehead atoms. The highest BCUT2D eigenvalue weighted by molar-refractivity contribution is 14.1. The Bertz CT molecular complexity index is 645. The van der Waals surface area contributed by atoms with E-state index in [4.69, 9.17) is 21.1 Å². The van der Waals surface area contributed by atoms with Crippen molar-refractivity contribution in [2.75, 3.05) is 19.5 Å². The maximum absolute atomic E-state index is 12.1. The first-order valence-corrected chi connectivity index (χ1v) is 7.85. The zero-order valence-electron chi connectivity index (χ0n) is 10.7. The molecule has 0 fully saturated rings. The molecule has 7 heteroatoms. The molecule has 0 spiro atoms. The molecule has 0 saturated carbocycles. The topological polar surface area (TPSA) is 47.6 Å². The van der Waals surface area contributed by atoms with Crippen molar-refractivity contribution in [3.05, 3.63) is 37.0 Å². The monoisotopic (exact) mass is 423 g/mol. The molecule has 20 heavy (non-hydrogen) atoms. The Labute approximate surface area is 139 Å². The third kappa shape index (κ3) is 3.36. The lowest BCUT2D eigenvalue weighted by molar-refractivity contribution is 0.102. The van der Waals surface area contributed by atoms with Crippen LogP contribution >= 0.6 is 45.5 Å². The summed E-state index contributed by atoms with van der Waals surface area (Å²) < 4.78 is 11.4. The Morgan fingerprint density at radius 3 is 2.50 bits per heavy atom. The number of nitrogens with one attached hydrogen (secondary N) is 1. The average Bonchev–Trinajstić information content (AvgIpc) is 2.87. The number of carbonyl (C=O) groups is 1. The SMILES string of the molecule is COc1cc(NC(=O)c2csc(I)c2)c(OC)cc1Cl. The average molecular weight is 424 g/mol. The highest BCUT2D eigenvalue weighted by atomic mass is 127. The first-order chi connectivity index (χ1) is 9.55. The van der Waals surface area contributed by atoms with Gasteiger partial charge in [0.05, 0.1) is 33.4 Å². The number of hydrogen-bond acceptors (Lipinski definition) is 4. The molecule has 0 radical (unpaired) electrons. The number of methoxy groups -OCH3 is 2. The number of amides is 1. The fraction of sp³-hybridized carbons (Fsp3) is 0.154. The van der Waals surface area contributed by atoms with E-state index in [2.05, 4.69) is 27.9 Å². The Morgan fingerprint density at radius 2 is 1.95 bits per heavy atom. The molecular weight excluding hydrogens is 413 g/mol. The Morgan fingerprint density at radius 1 is 1.25 bits per heavy atom. The molecule has 0 aliphatic carbocycles. The molecule has 0 saturated heterocycles. The van der Waals surface area contributed by atoms with E-state index >= 15 is 0 Å². The molecule has 1 heterocycles. The van der Waals surface area contributed by atoms with Gasteiger partial charge in [-0.15, -0.1) is 11.3 Å². The predicted octanol–water partition coefficient (Wildman–Crippen LogP) is 4.28. The minimum atomic E-state index is -0.202. The van der Waals surface area contributed by atoms with Crippen molar-refractivity contribution < 1.29 is 14.3 Å². The van der Waals surface area contributed by atoms with Crippen LogP contribution in [-0.4, -0.2) is 20.1 Å². The molecular formula is C13H11ClINO3S. The van der Waals surface area contributed by atoms with Crippen molar-refractivity contribution in [3.8, 4) is 11.5 Å². The molecule has 1 aromatic carbocycles. The maximum atomic E-state index is 12.1. The smallest absolute Gasteiger partial charge is 0.256 e. The molecule has 0 atom stereocenters. The standard InChI is InChI=1S/C13H11ClINO3S/c1-18-10-5-9(11(19-2)4-8(10)14)16-13(17)7-3-12(15)20-6-7/h3-6H,1-2H3,(H,16,17). The Balaban J connectivity index is 2.30. The number of halogens is 2. The molecule has 4 nitrogen and oxygen atoms in total. The van der Waals surface area contributed by atoms with Crippen molar-refractivity contribution in [1.82, 2.24) is 0 Å². The van der Waals surface area contributed by atoms with Crippen LogP contribution < -0.4 is 14.8 Å². The Kier molecular flexibility index (Phi) is 5.11. The third-order valence-electron chi connectivity index (χ3n) is 2.55. The maximum Gasteiger partial charge on any atom is 0.256 e. The minimum Gasteiger partial charge on any atom is -0.495 e. The van der Waals surface area contributed by atoms with Crippen LogP contribution in [0.3, 0.4) is 0 Å². The zero-order valence-corrected chi connectivity index (χ0v) is 14.4. The van der Waals surface area contributed by atoms with Gasteiger partial charge in [-0.2, -0.15) is 0 Å². The van der Waals surface area contributed by atoms with Gasteiger partial charge in [0.15, 0.2) is 0 Å². The van der Waals surface area contributed by atoms with Gasteiger partial charge in [-0.05, 0) is 28.7 Å². The molecule has 106 valence electrons. The number of rotatable bonds is 4. The summed E-state index contributed by atoms with van der Waals surface area (Å²) in [6.45, 7) is 0. The van der Waals surface area contributed by atoms with E-state index in [0.717, 1.165) is 2.88 Å². The van der Waals surface area contributed by atoms with Crippen molar-refractivity contribution in [3.63, 3.8) is 0 Å². The van der Waals surface area contributed by atoms with E-state index in [1.807, 2.05) is 6.07 Å². The summed E-state index contributed by atoms with van der Waals surface area (Å²) in [6, 6.07) is 5.06. The fourth-order valence-corrected chi connectivity index (χ4v) is 3.14. The molecule has 0 unspecified atom stereocenters. The van der Waals surface area contributed by atoms with Gasteiger partial charge in [-0.1, -0.05) is 11.6 Å². The number of thiophene rings is 1. The molecule has 1 N–H and O–H groups in total. The lowest BCUT2D eigenvalue weighted by atomic mass is 10.2. The quantitative estimate of drug-likeness (QED) is 0.747. The van der Waals surface area contributed by atoms with Crippen molar-refractivity contribution in [1.29, 1.82) is 0 Å². The van der Waals surface area contributed by atoms with E-state index in [9.17, 15) is 4.79 Å². The highest BCUT2D eigenvalue weighted by Crippen LogP contribution is 2.36. The normalized spacial score (nSPS) is 10.2.